The van der Waals surface area contributed by atoms with E-state index in [0.29, 0.717) is 39.1 Å². The van der Waals surface area contributed by atoms with Crippen LogP contribution in [0.2, 0.25) is 0 Å². The van der Waals surface area contributed by atoms with Crippen LogP contribution in [0.4, 0.5) is 10.8 Å². The van der Waals surface area contributed by atoms with Gasteiger partial charge in [0, 0.05) is 27.9 Å². The maximum Gasteiger partial charge on any atom is 0.234 e. The topological polar surface area (TPSA) is 125 Å². The number of aryl methyl sites for hydroxylation is 1. The van der Waals surface area contributed by atoms with Gasteiger partial charge in [0.25, 0.3) is 0 Å². The summed E-state index contributed by atoms with van der Waals surface area (Å²) >= 11 is 5.92. The highest BCUT2D eigenvalue weighted by atomic mass is 79.9. The summed E-state index contributed by atoms with van der Waals surface area (Å²) in [5, 5.41) is 22.2. The number of carbonyl (C=O) groups is 2. The van der Waals surface area contributed by atoms with Gasteiger partial charge in [-0.05, 0) is 48.6 Å². The van der Waals surface area contributed by atoms with Crippen molar-refractivity contribution in [2.75, 3.05) is 16.0 Å². The number of benzene rings is 2. The second-order valence-electron chi connectivity index (χ2n) is 10.6. The number of aromatic nitrogens is 2. The molecular formula is C29H27BrN6O2S2. The van der Waals surface area contributed by atoms with E-state index in [2.05, 4.69) is 51.4 Å². The van der Waals surface area contributed by atoms with Gasteiger partial charge >= 0.3 is 0 Å². The van der Waals surface area contributed by atoms with Crippen molar-refractivity contribution < 1.29 is 9.59 Å². The van der Waals surface area contributed by atoms with Crippen molar-refractivity contribution in [3.05, 3.63) is 86.8 Å². The molecule has 40 heavy (non-hydrogen) atoms. The molecule has 1 aliphatic carbocycles. The van der Waals surface area contributed by atoms with E-state index < -0.39 is 5.92 Å². The number of hydrogen-bond donors (Lipinski definition) is 2. The van der Waals surface area contributed by atoms with E-state index in [4.69, 9.17) is 5.73 Å². The molecule has 2 aliphatic rings. The predicted molar refractivity (Wildman–Crippen MR) is 162 cm³/mol. The summed E-state index contributed by atoms with van der Waals surface area (Å²) in [4.78, 5) is 27.9. The highest BCUT2D eigenvalue weighted by Gasteiger charge is 2.45. The van der Waals surface area contributed by atoms with Crippen LogP contribution in [0.15, 0.2) is 80.0 Å². The number of halogens is 1. The fourth-order valence-electron chi connectivity index (χ4n) is 5.12. The van der Waals surface area contributed by atoms with Gasteiger partial charge in [-0.1, -0.05) is 82.7 Å². The van der Waals surface area contributed by atoms with Crippen LogP contribution in [0.25, 0.3) is 0 Å². The van der Waals surface area contributed by atoms with Crippen molar-refractivity contribution >= 4 is 61.5 Å². The molecule has 1 amide bonds. The van der Waals surface area contributed by atoms with Gasteiger partial charge in [0.1, 0.15) is 5.82 Å². The van der Waals surface area contributed by atoms with Crippen LogP contribution in [-0.2, 0) is 9.59 Å². The highest BCUT2D eigenvalue weighted by Crippen LogP contribution is 2.50. The fraction of sp³-hybridized carbons (Fsp3) is 0.276. The van der Waals surface area contributed by atoms with Crippen molar-refractivity contribution in [3.63, 3.8) is 0 Å². The molecule has 0 saturated heterocycles. The Bertz CT molecular complexity index is 1600. The third-order valence-corrected chi connectivity index (χ3v) is 9.37. The number of nitriles is 1. The van der Waals surface area contributed by atoms with E-state index in [9.17, 15) is 14.9 Å². The number of nitrogens with two attached hydrogens (primary N) is 1. The Kier molecular flexibility index (Phi) is 7.86. The molecule has 2 aromatic carbocycles. The SMILES string of the molecule is Cc1cccc(C2C(C#N)=C(N)N(c3nnc(SCC(=O)Nc4ccc(Br)cc4)s3)C3=C2C(=O)CC(C)(C)C3)c1. The number of Topliss-reactive ketones (excluding diaryl/α,β-unsaturated/α-hetero) is 1. The molecule has 3 N–H and O–H groups in total. The molecule has 1 unspecified atom stereocenters. The summed E-state index contributed by atoms with van der Waals surface area (Å²) in [5.74, 6) is -0.303. The van der Waals surface area contributed by atoms with Crippen molar-refractivity contribution in [2.45, 2.75) is 43.9 Å². The van der Waals surface area contributed by atoms with Crippen LogP contribution in [0.1, 0.15) is 43.7 Å². The zero-order chi connectivity index (χ0) is 28.6. The standard InChI is InChI=1S/C29H27BrN6O2S2/c1-16-5-4-6-17(11-16)24-20(14-31)26(32)36(21-12-29(2,3)13-22(37)25(21)24)27-34-35-28(40-27)39-15-23(38)33-19-9-7-18(30)8-10-19/h4-11,24H,12-13,15,32H2,1-3H3,(H,33,38). The van der Waals surface area contributed by atoms with E-state index in [-0.39, 0.29) is 28.7 Å². The van der Waals surface area contributed by atoms with Crippen LogP contribution >= 0.6 is 39.0 Å². The largest absolute Gasteiger partial charge is 0.384 e. The Hall–Kier alpha value is -3.46. The minimum atomic E-state index is -0.538. The van der Waals surface area contributed by atoms with Crippen molar-refractivity contribution in [1.29, 1.82) is 5.26 Å². The maximum absolute atomic E-state index is 13.7. The first-order chi connectivity index (χ1) is 19.1. The second kappa shape index (κ2) is 11.2. The zero-order valence-corrected chi connectivity index (χ0v) is 25.4. The summed E-state index contributed by atoms with van der Waals surface area (Å²) in [6, 6.07) is 17.5. The first kappa shape index (κ1) is 28.1. The van der Waals surface area contributed by atoms with Gasteiger partial charge in [0.15, 0.2) is 10.1 Å². The molecule has 1 aromatic heterocycles. The zero-order valence-electron chi connectivity index (χ0n) is 22.2. The van der Waals surface area contributed by atoms with Gasteiger partial charge in [-0.15, -0.1) is 10.2 Å². The molecule has 0 fully saturated rings. The molecule has 204 valence electrons. The maximum atomic E-state index is 13.7. The lowest BCUT2D eigenvalue weighted by molar-refractivity contribution is -0.118. The summed E-state index contributed by atoms with van der Waals surface area (Å²) in [5.41, 5.74) is 10.7. The van der Waals surface area contributed by atoms with E-state index >= 15 is 0 Å². The fourth-order valence-corrected chi connectivity index (χ4v) is 7.06. The number of anilines is 2. The number of allylic oxidation sites excluding steroid dienone is 3. The Morgan fingerprint density at radius 3 is 2.70 bits per heavy atom. The highest BCUT2D eigenvalue weighted by molar-refractivity contribution is 9.10. The first-order valence-corrected chi connectivity index (χ1v) is 15.2. The molecule has 8 nitrogen and oxygen atoms in total. The minimum absolute atomic E-state index is 0.00623. The normalized spacial score (nSPS) is 18.4. The molecule has 1 atom stereocenters. The van der Waals surface area contributed by atoms with Gasteiger partial charge in [-0.3, -0.25) is 14.5 Å². The molecule has 2 heterocycles. The summed E-state index contributed by atoms with van der Waals surface area (Å²) in [6.07, 6.45) is 0.971. The number of ketones is 1. The summed E-state index contributed by atoms with van der Waals surface area (Å²) in [6.45, 7) is 6.10. The van der Waals surface area contributed by atoms with Crippen LogP contribution in [0, 0.1) is 23.7 Å². The third-order valence-electron chi connectivity index (χ3n) is 6.80. The molecular weight excluding hydrogens is 608 g/mol. The summed E-state index contributed by atoms with van der Waals surface area (Å²) < 4.78 is 1.51. The van der Waals surface area contributed by atoms with Crippen LogP contribution in [-0.4, -0.2) is 27.6 Å². The molecule has 0 radical (unpaired) electrons. The molecule has 0 saturated carbocycles. The lowest BCUT2D eigenvalue weighted by Crippen LogP contribution is -2.42. The van der Waals surface area contributed by atoms with Crippen LogP contribution in [0.3, 0.4) is 0 Å². The second-order valence-corrected chi connectivity index (χ2v) is 13.7. The average Bonchev–Trinajstić information content (AvgIpc) is 3.36. The number of nitrogens with one attached hydrogen (secondary N) is 1. The Labute approximate surface area is 249 Å². The number of thioether (sulfide) groups is 1. The van der Waals surface area contributed by atoms with Crippen molar-refractivity contribution in [1.82, 2.24) is 10.2 Å². The molecule has 3 aromatic rings. The van der Waals surface area contributed by atoms with Crippen LogP contribution in [0.5, 0.6) is 0 Å². The monoisotopic (exact) mass is 634 g/mol. The Balaban J connectivity index is 1.46. The smallest absolute Gasteiger partial charge is 0.234 e. The van der Waals surface area contributed by atoms with Gasteiger partial charge in [-0.2, -0.15) is 5.26 Å². The van der Waals surface area contributed by atoms with E-state index in [1.165, 1.54) is 23.1 Å². The minimum Gasteiger partial charge on any atom is -0.384 e. The van der Waals surface area contributed by atoms with E-state index in [0.717, 1.165) is 21.3 Å². The van der Waals surface area contributed by atoms with Crippen LogP contribution < -0.4 is 16.0 Å². The van der Waals surface area contributed by atoms with Gasteiger partial charge in [0.05, 0.1) is 23.3 Å². The average molecular weight is 636 g/mol. The number of rotatable bonds is 6. The predicted octanol–water partition coefficient (Wildman–Crippen LogP) is 6.28. The lowest BCUT2D eigenvalue weighted by atomic mass is 9.68. The molecule has 1 aliphatic heterocycles. The number of hydrogen-bond acceptors (Lipinski definition) is 9. The van der Waals surface area contributed by atoms with E-state index in [1.807, 2.05) is 55.5 Å². The summed E-state index contributed by atoms with van der Waals surface area (Å²) in [7, 11) is 0. The quantitative estimate of drug-likeness (QED) is 0.303. The number of nitrogens with zero attached hydrogens (tertiary/aromatic N) is 4. The van der Waals surface area contributed by atoms with Gasteiger partial charge in [0.2, 0.25) is 11.0 Å². The third kappa shape index (κ3) is 5.70. The Morgan fingerprint density at radius 2 is 2.00 bits per heavy atom. The van der Waals surface area contributed by atoms with Gasteiger partial charge in [-0.25, -0.2) is 0 Å². The Morgan fingerprint density at radius 1 is 1.25 bits per heavy atom. The van der Waals surface area contributed by atoms with Crippen molar-refractivity contribution in [3.8, 4) is 6.07 Å². The molecule has 0 spiro atoms. The van der Waals surface area contributed by atoms with E-state index in [1.54, 1.807) is 4.90 Å². The van der Waals surface area contributed by atoms with Crippen molar-refractivity contribution in [2.24, 2.45) is 11.1 Å². The molecule has 5 rings (SSSR count). The molecule has 0 bridgehead atoms. The number of carbonyl (C=O) groups excluding carboxylic acids is 2. The lowest BCUT2D eigenvalue weighted by Gasteiger charge is -2.42. The molecule has 11 heteroatoms. The van der Waals surface area contributed by atoms with Gasteiger partial charge < -0.3 is 11.1 Å². The number of amides is 1. The first-order valence-electron chi connectivity index (χ1n) is 12.6.